The number of hydrogen-bond donors (Lipinski definition) is 3. The summed E-state index contributed by atoms with van der Waals surface area (Å²) in [5, 5.41) is 18.0. The number of primary amides is 1. The van der Waals surface area contributed by atoms with E-state index in [1.165, 1.54) is 6.08 Å². The molecule has 0 aromatic heterocycles. The molecule has 5 nitrogen and oxygen atoms in total. The van der Waals surface area contributed by atoms with Gasteiger partial charge in [-0.2, -0.15) is 0 Å². The zero-order chi connectivity index (χ0) is 10.0. The molecular weight excluding hydrogens is 174 g/mol. The third kappa shape index (κ3) is 1.86. The first-order chi connectivity index (χ1) is 6.04. The number of allylic oxidation sites excluding steroid dienone is 1. The number of carbonyl (C=O) groups excluding carboxylic acids is 1. The first-order valence-electron chi connectivity index (χ1n) is 3.91. The van der Waals surface area contributed by atoms with Crippen LogP contribution < -0.4 is 5.73 Å². The summed E-state index contributed by atoms with van der Waals surface area (Å²) >= 11 is 0. The summed E-state index contributed by atoms with van der Waals surface area (Å²) in [6.07, 6.45) is 2.10. The van der Waals surface area contributed by atoms with Gasteiger partial charge >= 0.3 is 5.97 Å². The normalized spacial score (nSPS) is 32.8. The number of aliphatic hydroxyl groups is 1. The van der Waals surface area contributed by atoms with Crippen LogP contribution in [0.25, 0.3) is 0 Å². The van der Waals surface area contributed by atoms with E-state index in [0.717, 1.165) is 0 Å². The Labute approximate surface area is 74.8 Å². The molecule has 0 bridgehead atoms. The molecule has 0 saturated heterocycles. The van der Waals surface area contributed by atoms with E-state index in [-0.39, 0.29) is 6.42 Å². The number of carboxylic acid groups (broad SMARTS) is 1. The van der Waals surface area contributed by atoms with E-state index < -0.39 is 29.8 Å². The highest BCUT2D eigenvalue weighted by Crippen LogP contribution is 2.25. The molecule has 1 amide bonds. The van der Waals surface area contributed by atoms with Crippen molar-refractivity contribution in [3.05, 3.63) is 12.2 Å². The molecule has 0 spiro atoms. The molecule has 0 heterocycles. The van der Waals surface area contributed by atoms with Crippen molar-refractivity contribution < 1.29 is 19.8 Å². The smallest absolute Gasteiger partial charge is 0.307 e. The summed E-state index contributed by atoms with van der Waals surface area (Å²) in [6.45, 7) is 0. The Kier molecular flexibility index (Phi) is 2.67. The largest absolute Gasteiger partial charge is 0.481 e. The Morgan fingerprint density at radius 1 is 1.46 bits per heavy atom. The van der Waals surface area contributed by atoms with Crippen LogP contribution in [-0.2, 0) is 9.59 Å². The first-order valence-corrected chi connectivity index (χ1v) is 3.91. The minimum atomic E-state index is -1.10. The third-order valence-corrected chi connectivity index (χ3v) is 2.17. The van der Waals surface area contributed by atoms with Gasteiger partial charge in [0.05, 0.1) is 17.9 Å². The van der Waals surface area contributed by atoms with Crippen LogP contribution >= 0.6 is 0 Å². The summed E-state index contributed by atoms with van der Waals surface area (Å²) < 4.78 is 0. The lowest BCUT2D eigenvalue weighted by Crippen LogP contribution is -2.42. The second-order valence-corrected chi connectivity index (χ2v) is 3.03. The summed E-state index contributed by atoms with van der Waals surface area (Å²) in [6, 6.07) is 0. The van der Waals surface area contributed by atoms with E-state index in [1.807, 2.05) is 0 Å². The predicted molar refractivity (Wildman–Crippen MR) is 43.6 cm³/mol. The third-order valence-electron chi connectivity index (χ3n) is 2.17. The van der Waals surface area contributed by atoms with Crippen LogP contribution in [0.15, 0.2) is 12.2 Å². The van der Waals surface area contributed by atoms with E-state index in [2.05, 4.69) is 0 Å². The zero-order valence-electron chi connectivity index (χ0n) is 6.88. The lowest BCUT2D eigenvalue weighted by molar-refractivity contribution is -0.149. The Morgan fingerprint density at radius 2 is 2.08 bits per heavy atom. The van der Waals surface area contributed by atoms with Crippen molar-refractivity contribution in [2.24, 2.45) is 17.6 Å². The molecule has 0 saturated carbocycles. The molecule has 72 valence electrons. The van der Waals surface area contributed by atoms with Gasteiger partial charge in [-0.25, -0.2) is 0 Å². The highest BCUT2D eigenvalue weighted by Gasteiger charge is 2.38. The highest BCUT2D eigenvalue weighted by molar-refractivity contribution is 5.84. The van der Waals surface area contributed by atoms with Gasteiger partial charge in [-0.3, -0.25) is 9.59 Å². The van der Waals surface area contributed by atoms with Gasteiger partial charge in [-0.15, -0.1) is 0 Å². The predicted octanol–water partition coefficient (Wildman–Crippen LogP) is -0.891. The molecular formula is C8H11NO4. The van der Waals surface area contributed by atoms with Crippen LogP contribution in [0.3, 0.4) is 0 Å². The van der Waals surface area contributed by atoms with Crippen molar-refractivity contribution in [1.82, 2.24) is 0 Å². The quantitative estimate of drug-likeness (QED) is 0.486. The van der Waals surface area contributed by atoms with Gasteiger partial charge in [0.15, 0.2) is 0 Å². The fraction of sp³-hybridized carbons (Fsp3) is 0.500. The van der Waals surface area contributed by atoms with E-state index >= 15 is 0 Å². The minimum absolute atomic E-state index is 0.236. The number of hydrogen-bond acceptors (Lipinski definition) is 3. The number of carboxylic acids is 1. The number of aliphatic carboxylic acids is 1. The van der Waals surface area contributed by atoms with Crippen LogP contribution in [-0.4, -0.2) is 28.2 Å². The average molecular weight is 185 g/mol. The number of aliphatic hydroxyl groups excluding tert-OH is 1. The molecule has 3 atom stereocenters. The molecule has 4 N–H and O–H groups in total. The van der Waals surface area contributed by atoms with E-state index in [0.29, 0.717) is 0 Å². The molecule has 0 fully saturated rings. The minimum Gasteiger partial charge on any atom is -0.481 e. The van der Waals surface area contributed by atoms with Crippen LogP contribution in [0.1, 0.15) is 6.42 Å². The second-order valence-electron chi connectivity index (χ2n) is 3.03. The van der Waals surface area contributed by atoms with Gasteiger partial charge in [-0.05, 0) is 6.42 Å². The second kappa shape index (κ2) is 3.57. The van der Waals surface area contributed by atoms with Crippen LogP contribution in [0, 0.1) is 11.8 Å². The summed E-state index contributed by atoms with van der Waals surface area (Å²) in [5.41, 5.74) is 4.99. The van der Waals surface area contributed by atoms with E-state index in [1.54, 1.807) is 6.08 Å². The number of amides is 1. The van der Waals surface area contributed by atoms with Gasteiger partial charge in [0.25, 0.3) is 0 Å². The maximum absolute atomic E-state index is 10.8. The van der Waals surface area contributed by atoms with E-state index in [9.17, 15) is 14.7 Å². The fourth-order valence-electron chi connectivity index (χ4n) is 1.49. The van der Waals surface area contributed by atoms with Gasteiger partial charge in [0.2, 0.25) is 5.91 Å². The molecule has 0 aromatic rings. The van der Waals surface area contributed by atoms with Crippen molar-refractivity contribution in [3.8, 4) is 0 Å². The highest BCUT2D eigenvalue weighted by atomic mass is 16.4. The maximum atomic E-state index is 10.8. The Hall–Kier alpha value is -1.36. The van der Waals surface area contributed by atoms with Crippen LogP contribution in [0.5, 0.6) is 0 Å². The number of rotatable bonds is 2. The molecule has 3 unspecified atom stereocenters. The van der Waals surface area contributed by atoms with E-state index in [4.69, 9.17) is 10.8 Å². The zero-order valence-corrected chi connectivity index (χ0v) is 6.88. The molecule has 1 rings (SSSR count). The van der Waals surface area contributed by atoms with Gasteiger partial charge in [-0.1, -0.05) is 12.2 Å². The van der Waals surface area contributed by atoms with Crippen molar-refractivity contribution in [2.45, 2.75) is 12.5 Å². The van der Waals surface area contributed by atoms with Crippen LogP contribution in [0.4, 0.5) is 0 Å². The monoisotopic (exact) mass is 185 g/mol. The summed E-state index contributed by atoms with van der Waals surface area (Å²) in [5.74, 6) is -3.79. The standard InChI is InChI=1S/C8H11NO4/c9-7(11)6-4(8(12)13)2-1-3-5(6)10/h1,3-6,10H,2H2,(H2,9,11)(H,12,13). The fourth-order valence-corrected chi connectivity index (χ4v) is 1.49. The van der Waals surface area contributed by atoms with Crippen LogP contribution in [0.2, 0.25) is 0 Å². The van der Waals surface area contributed by atoms with Crippen molar-refractivity contribution >= 4 is 11.9 Å². The molecule has 13 heavy (non-hydrogen) atoms. The topological polar surface area (TPSA) is 101 Å². The summed E-state index contributed by atoms with van der Waals surface area (Å²) in [7, 11) is 0. The SMILES string of the molecule is NC(=O)C1C(O)C=CCC1C(=O)O. The molecule has 0 aromatic carbocycles. The molecule has 1 aliphatic carbocycles. The molecule has 5 heteroatoms. The number of carbonyl (C=O) groups is 2. The Balaban J connectivity index is 2.89. The first kappa shape index (κ1) is 9.73. The Morgan fingerprint density at radius 3 is 2.46 bits per heavy atom. The maximum Gasteiger partial charge on any atom is 0.307 e. The van der Waals surface area contributed by atoms with Crippen molar-refractivity contribution in [2.75, 3.05) is 0 Å². The van der Waals surface area contributed by atoms with Crippen molar-refractivity contribution in [1.29, 1.82) is 0 Å². The van der Waals surface area contributed by atoms with Gasteiger partial charge in [0, 0.05) is 0 Å². The lowest BCUT2D eigenvalue weighted by atomic mass is 9.81. The van der Waals surface area contributed by atoms with Gasteiger partial charge in [0.1, 0.15) is 0 Å². The van der Waals surface area contributed by atoms with Crippen molar-refractivity contribution in [3.63, 3.8) is 0 Å². The molecule has 1 aliphatic rings. The van der Waals surface area contributed by atoms with Gasteiger partial charge < -0.3 is 15.9 Å². The molecule has 0 radical (unpaired) electrons. The summed E-state index contributed by atoms with van der Waals surface area (Å²) in [4.78, 5) is 21.5. The Bertz CT molecular complexity index is 261. The number of nitrogens with two attached hydrogens (primary N) is 1. The molecule has 0 aliphatic heterocycles. The average Bonchev–Trinajstić information content (AvgIpc) is 2.02. The lowest BCUT2D eigenvalue weighted by Gasteiger charge is -2.26.